The first-order chi connectivity index (χ1) is 18.1. The van der Waals surface area contributed by atoms with Crippen molar-refractivity contribution in [3.63, 3.8) is 0 Å². The number of nitrogens with zero attached hydrogens (tertiary/aromatic N) is 6. The van der Waals surface area contributed by atoms with Gasteiger partial charge in [-0.15, -0.1) is 0 Å². The van der Waals surface area contributed by atoms with Crippen LogP contribution in [0.25, 0.3) is 16.7 Å². The standard InChI is InChI=1S/C30H32N6O.CH4/c1-22(37)34-16-18-35(19-17-34)30-26-21-33(14-7-10-23-8-3-2-4-9-23)15-13-24(26)25(20-31)29-32-27-11-5-6-12-28(27)36(29)30;/h2-6,8-9,11-12H,7,10,13-19,21H2,1H3;1H4. The average Bonchev–Trinajstić information content (AvgIpc) is 3.31. The van der Waals surface area contributed by atoms with E-state index in [9.17, 15) is 10.1 Å². The number of amides is 1. The molecule has 4 heterocycles. The van der Waals surface area contributed by atoms with Gasteiger partial charge in [0.1, 0.15) is 11.9 Å². The van der Waals surface area contributed by atoms with E-state index in [1.54, 1.807) is 6.92 Å². The molecule has 1 fully saturated rings. The third-order valence-electron chi connectivity index (χ3n) is 7.91. The zero-order chi connectivity index (χ0) is 25.4. The molecule has 1 amide bonds. The maximum absolute atomic E-state index is 12.0. The number of hydrogen-bond donors (Lipinski definition) is 0. The van der Waals surface area contributed by atoms with Crippen LogP contribution in [-0.2, 0) is 24.2 Å². The lowest BCUT2D eigenvalue weighted by Gasteiger charge is -2.39. The van der Waals surface area contributed by atoms with Crippen LogP contribution in [-0.4, -0.2) is 64.4 Å². The number of fused-ring (bicyclic) bond motifs is 4. The maximum atomic E-state index is 12.0. The Hall–Kier alpha value is -3.89. The number of aromatic nitrogens is 2. The fourth-order valence-electron chi connectivity index (χ4n) is 6.00. The summed E-state index contributed by atoms with van der Waals surface area (Å²) in [6.07, 6.45) is 3.02. The predicted molar refractivity (Wildman–Crippen MR) is 152 cm³/mol. The Balaban J connectivity index is 0.00000294. The minimum Gasteiger partial charge on any atom is -0.354 e. The zero-order valence-electron chi connectivity index (χ0n) is 21.4. The molecule has 2 aromatic carbocycles. The average molecular weight is 509 g/mol. The van der Waals surface area contributed by atoms with Crippen LogP contribution in [0.15, 0.2) is 54.6 Å². The van der Waals surface area contributed by atoms with Gasteiger partial charge in [0, 0.05) is 51.8 Å². The summed E-state index contributed by atoms with van der Waals surface area (Å²) in [5, 5.41) is 10.3. The number of aryl methyl sites for hydroxylation is 1. The number of carbonyl (C=O) groups excluding carboxylic acids is 1. The van der Waals surface area contributed by atoms with E-state index in [-0.39, 0.29) is 13.3 Å². The van der Waals surface area contributed by atoms with Gasteiger partial charge in [-0.2, -0.15) is 5.26 Å². The van der Waals surface area contributed by atoms with Crippen molar-refractivity contribution in [2.75, 3.05) is 44.2 Å². The molecule has 38 heavy (non-hydrogen) atoms. The maximum Gasteiger partial charge on any atom is 0.219 e. The monoisotopic (exact) mass is 508 g/mol. The van der Waals surface area contributed by atoms with Gasteiger partial charge in [0.2, 0.25) is 5.91 Å². The Morgan fingerprint density at radius 3 is 2.45 bits per heavy atom. The third-order valence-corrected chi connectivity index (χ3v) is 7.91. The number of piperazine rings is 1. The summed E-state index contributed by atoms with van der Waals surface area (Å²) >= 11 is 0. The first-order valence-corrected chi connectivity index (χ1v) is 13.3. The van der Waals surface area contributed by atoms with E-state index in [1.165, 1.54) is 11.1 Å². The molecule has 2 aliphatic rings. The molecule has 0 radical (unpaired) electrons. The van der Waals surface area contributed by atoms with E-state index >= 15 is 0 Å². The molecule has 6 rings (SSSR count). The highest BCUT2D eigenvalue weighted by Crippen LogP contribution is 2.37. The molecule has 7 heteroatoms. The number of rotatable bonds is 5. The van der Waals surface area contributed by atoms with Crippen molar-refractivity contribution in [2.24, 2.45) is 0 Å². The molecule has 196 valence electrons. The van der Waals surface area contributed by atoms with Gasteiger partial charge in [-0.25, -0.2) is 4.98 Å². The number of benzene rings is 2. The smallest absolute Gasteiger partial charge is 0.219 e. The summed E-state index contributed by atoms with van der Waals surface area (Å²) in [4.78, 5) is 23.8. The normalized spacial score (nSPS) is 15.8. The van der Waals surface area contributed by atoms with Gasteiger partial charge in [0.25, 0.3) is 0 Å². The van der Waals surface area contributed by atoms with E-state index in [0.717, 1.165) is 80.0 Å². The molecule has 0 bridgehead atoms. The van der Waals surface area contributed by atoms with Crippen LogP contribution in [0.1, 0.15) is 43.0 Å². The van der Waals surface area contributed by atoms with Crippen molar-refractivity contribution in [3.05, 3.63) is 76.9 Å². The Morgan fingerprint density at radius 2 is 1.71 bits per heavy atom. The van der Waals surface area contributed by atoms with E-state index in [1.807, 2.05) is 23.1 Å². The fourth-order valence-corrected chi connectivity index (χ4v) is 6.00. The molecular weight excluding hydrogens is 472 g/mol. The fraction of sp³-hybridized carbons (Fsp3) is 0.387. The van der Waals surface area contributed by atoms with E-state index in [2.05, 4.69) is 56.7 Å². The van der Waals surface area contributed by atoms with Crippen molar-refractivity contribution in [1.29, 1.82) is 5.26 Å². The van der Waals surface area contributed by atoms with E-state index < -0.39 is 0 Å². The molecule has 7 nitrogen and oxygen atoms in total. The molecule has 0 aliphatic carbocycles. The van der Waals surface area contributed by atoms with Crippen molar-refractivity contribution in [2.45, 2.75) is 40.2 Å². The number of pyridine rings is 1. The second-order valence-corrected chi connectivity index (χ2v) is 10.1. The Morgan fingerprint density at radius 1 is 0.974 bits per heavy atom. The van der Waals surface area contributed by atoms with Crippen LogP contribution in [0.3, 0.4) is 0 Å². The molecule has 2 aliphatic heterocycles. The van der Waals surface area contributed by atoms with Crippen molar-refractivity contribution >= 4 is 28.4 Å². The van der Waals surface area contributed by atoms with Crippen LogP contribution in [0.2, 0.25) is 0 Å². The number of nitriles is 1. The number of carbonyl (C=O) groups is 1. The zero-order valence-corrected chi connectivity index (χ0v) is 21.4. The molecule has 0 atom stereocenters. The van der Waals surface area contributed by atoms with Crippen molar-refractivity contribution in [3.8, 4) is 6.07 Å². The molecular formula is C31H36N6O. The lowest BCUT2D eigenvalue weighted by atomic mass is 9.95. The second kappa shape index (κ2) is 10.8. The quantitative estimate of drug-likeness (QED) is 0.392. The summed E-state index contributed by atoms with van der Waals surface area (Å²) < 4.78 is 2.21. The lowest BCUT2D eigenvalue weighted by Crippen LogP contribution is -2.49. The molecule has 0 unspecified atom stereocenters. The highest BCUT2D eigenvalue weighted by atomic mass is 16.2. The van der Waals surface area contributed by atoms with Gasteiger partial charge >= 0.3 is 0 Å². The van der Waals surface area contributed by atoms with Gasteiger partial charge in [-0.3, -0.25) is 14.1 Å². The SMILES string of the molecule is C.CC(=O)N1CCN(c2c3c(c(C#N)c4nc5ccccc5n24)CCN(CCCc2ccccc2)C3)CC1. The van der Waals surface area contributed by atoms with Crippen LogP contribution < -0.4 is 4.90 Å². The summed E-state index contributed by atoms with van der Waals surface area (Å²) in [5.74, 6) is 1.28. The van der Waals surface area contributed by atoms with Gasteiger partial charge < -0.3 is 9.80 Å². The first kappa shape index (κ1) is 25.7. The predicted octanol–water partition coefficient (Wildman–Crippen LogP) is 4.65. The largest absolute Gasteiger partial charge is 0.354 e. The number of hydrogen-bond acceptors (Lipinski definition) is 5. The van der Waals surface area contributed by atoms with Crippen LogP contribution in [0, 0.1) is 11.3 Å². The number of imidazole rings is 1. The van der Waals surface area contributed by atoms with Gasteiger partial charge in [0.15, 0.2) is 5.65 Å². The molecule has 1 saturated heterocycles. The van der Waals surface area contributed by atoms with Crippen molar-refractivity contribution < 1.29 is 4.79 Å². The summed E-state index contributed by atoms with van der Waals surface area (Å²) in [7, 11) is 0. The minimum absolute atomic E-state index is 0. The van der Waals surface area contributed by atoms with Crippen molar-refractivity contribution in [1.82, 2.24) is 19.2 Å². The number of para-hydroxylation sites is 2. The molecule has 4 aromatic rings. The molecule has 0 spiro atoms. The molecule has 0 N–H and O–H groups in total. The number of anilines is 1. The Labute approximate surface area is 224 Å². The van der Waals surface area contributed by atoms with Gasteiger partial charge in [-0.1, -0.05) is 49.9 Å². The highest BCUT2D eigenvalue weighted by Gasteiger charge is 2.31. The van der Waals surface area contributed by atoms with E-state index in [4.69, 9.17) is 4.98 Å². The Bertz CT molecular complexity index is 1490. The van der Waals surface area contributed by atoms with E-state index in [0.29, 0.717) is 18.7 Å². The van der Waals surface area contributed by atoms with Crippen LogP contribution in [0.5, 0.6) is 0 Å². The molecule has 0 saturated carbocycles. The lowest BCUT2D eigenvalue weighted by molar-refractivity contribution is -0.129. The first-order valence-electron chi connectivity index (χ1n) is 13.3. The highest BCUT2D eigenvalue weighted by molar-refractivity contribution is 5.86. The van der Waals surface area contributed by atoms with Gasteiger partial charge in [0.05, 0.1) is 16.6 Å². The summed E-state index contributed by atoms with van der Waals surface area (Å²) in [6, 6.07) is 21.3. The topological polar surface area (TPSA) is 67.9 Å². The van der Waals surface area contributed by atoms with Gasteiger partial charge in [-0.05, 0) is 49.1 Å². The third kappa shape index (κ3) is 4.61. The van der Waals surface area contributed by atoms with Crippen LogP contribution >= 0.6 is 0 Å². The summed E-state index contributed by atoms with van der Waals surface area (Å²) in [6.45, 7) is 7.40. The summed E-state index contributed by atoms with van der Waals surface area (Å²) in [5.41, 5.74) is 7.17. The van der Waals surface area contributed by atoms with Crippen LogP contribution in [0.4, 0.5) is 5.82 Å². The minimum atomic E-state index is 0. The second-order valence-electron chi connectivity index (χ2n) is 10.1. The Kier molecular flexibility index (Phi) is 7.35. The molecule has 2 aromatic heterocycles.